The lowest BCUT2D eigenvalue weighted by atomic mass is 9.97. The molecule has 2 aliphatic heterocycles. The molecule has 1 aromatic heterocycles. The largest absolute Gasteiger partial charge is 0.374 e. The van der Waals surface area contributed by atoms with Gasteiger partial charge in [-0.3, -0.25) is 14.4 Å². The van der Waals surface area contributed by atoms with Crippen LogP contribution in [0.2, 0.25) is 0 Å². The Balaban J connectivity index is 1.35. The molecule has 2 aromatic carbocycles. The highest BCUT2D eigenvalue weighted by Gasteiger charge is 2.27. The van der Waals surface area contributed by atoms with Gasteiger partial charge in [0.1, 0.15) is 12.6 Å². The molecule has 0 bridgehead atoms. The highest BCUT2D eigenvalue weighted by Crippen LogP contribution is 2.30. The first kappa shape index (κ1) is 17.9. The van der Waals surface area contributed by atoms with Crippen LogP contribution in [0.1, 0.15) is 37.1 Å². The molecule has 146 valence electrons. The van der Waals surface area contributed by atoms with Crippen molar-refractivity contribution in [2.24, 2.45) is 0 Å². The predicted octanol–water partition coefficient (Wildman–Crippen LogP) is 3.36. The van der Waals surface area contributed by atoms with Crippen molar-refractivity contribution in [3.05, 3.63) is 59.9 Å². The highest BCUT2D eigenvalue weighted by atomic mass is 16.3. The molecule has 1 fully saturated rings. The first-order chi connectivity index (χ1) is 13.7. The Hall–Kier alpha value is -2.21. The van der Waals surface area contributed by atoms with Gasteiger partial charge in [-0.2, -0.15) is 0 Å². The molecule has 5 rings (SSSR count). The molecule has 1 N–H and O–H groups in total. The lowest BCUT2D eigenvalue weighted by Gasteiger charge is -2.35. The zero-order valence-corrected chi connectivity index (χ0v) is 16.5. The maximum atomic E-state index is 10.9. The van der Waals surface area contributed by atoms with E-state index in [0.717, 1.165) is 48.3 Å². The average molecular weight is 377 g/mol. The standard InChI is InChI=1S/C23H28N4O/c1-17-5-4-11-25(17)13-14-26-12-10-18-15-19(8-9-20(18)23(26)28)27-16-24-21-6-2-3-7-22(21)27/h2-3,6-9,15-17,23,28H,4-5,10-14H2,1H3/t17?,23-/m1/s1. The van der Waals surface area contributed by atoms with E-state index in [4.69, 9.17) is 0 Å². The zero-order chi connectivity index (χ0) is 19.1. The Kier molecular flexibility index (Phi) is 4.67. The van der Waals surface area contributed by atoms with Crippen LogP contribution >= 0.6 is 0 Å². The number of fused-ring (bicyclic) bond motifs is 2. The number of likely N-dealkylation sites (tertiary alicyclic amines) is 1. The summed E-state index contributed by atoms with van der Waals surface area (Å²) in [5.41, 5.74) is 5.52. The van der Waals surface area contributed by atoms with Crippen LogP contribution in [-0.2, 0) is 6.42 Å². The number of benzene rings is 2. The maximum absolute atomic E-state index is 10.9. The van der Waals surface area contributed by atoms with E-state index in [1.807, 2.05) is 24.5 Å². The van der Waals surface area contributed by atoms with Gasteiger partial charge in [-0.1, -0.05) is 18.2 Å². The summed E-state index contributed by atoms with van der Waals surface area (Å²) in [6.07, 6.45) is 4.96. The zero-order valence-electron chi connectivity index (χ0n) is 16.5. The summed E-state index contributed by atoms with van der Waals surface area (Å²) in [6, 6.07) is 15.3. The molecular formula is C23H28N4O. The Labute approximate surface area is 166 Å². The van der Waals surface area contributed by atoms with Crippen LogP contribution in [0.15, 0.2) is 48.8 Å². The normalized spacial score (nSPS) is 23.4. The van der Waals surface area contributed by atoms with Gasteiger partial charge in [-0.25, -0.2) is 4.98 Å². The van der Waals surface area contributed by atoms with Crippen molar-refractivity contribution in [3.8, 4) is 5.69 Å². The van der Waals surface area contributed by atoms with Crippen LogP contribution in [0.5, 0.6) is 0 Å². The molecule has 3 aromatic rings. The molecule has 0 spiro atoms. The number of aromatic nitrogens is 2. The van der Waals surface area contributed by atoms with E-state index in [9.17, 15) is 5.11 Å². The van der Waals surface area contributed by atoms with E-state index in [2.05, 4.69) is 50.5 Å². The van der Waals surface area contributed by atoms with E-state index in [1.54, 1.807) is 0 Å². The summed E-state index contributed by atoms with van der Waals surface area (Å²) >= 11 is 0. The number of rotatable bonds is 4. The molecule has 2 atom stereocenters. The summed E-state index contributed by atoms with van der Waals surface area (Å²) in [4.78, 5) is 9.28. The van der Waals surface area contributed by atoms with Crippen LogP contribution in [0.3, 0.4) is 0 Å². The summed E-state index contributed by atoms with van der Waals surface area (Å²) in [5.74, 6) is 0. The lowest BCUT2D eigenvalue weighted by Crippen LogP contribution is -2.41. The third-order valence-electron chi connectivity index (χ3n) is 6.52. The van der Waals surface area contributed by atoms with Crippen LogP contribution in [0.4, 0.5) is 0 Å². The molecule has 28 heavy (non-hydrogen) atoms. The van der Waals surface area contributed by atoms with Crippen molar-refractivity contribution in [1.29, 1.82) is 0 Å². The first-order valence-electron chi connectivity index (χ1n) is 10.4. The number of imidazole rings is 1. The van der Waals surface area contributed by atoms with Crippen LogP contribution < -0.4 is 0 Å². The van der Waals surface area contributed by atoms with E-state index >= 15 is 0 Å². The first-order valence-corrected chi connectivity index (χ1v) is 10.4. The van der Waals surface area contributed by atoms with Gasteiger partial charge in [0, 0.05) is 31.4 Å². The molecule has 0 amide bonds. The maximum Gasteiger partial charge on any atom is 0.133 e. The van der Waals surface area contributed by atoms with Gasteiger partial charge in [-0.05, 0) is 68.1 Å². The number of hydrogen-bond donors (Lipinski definition) is 1. The van der Waals surface area contributed by atoms with Gasteiger partial charge >= 0.3 is 0 Å². The van der Waals surface area contributed by atoms with Crippen molar-refractivity contribution in [1.82, 2.24) is 19.4 Å². The van der Waals surface area contributed by atoms with Crippen molar-refractivity contribution < 1.29 is 5.11 Å². The predicted molar refractivity (Wildman–Crippen MR) is 112 cm³/mol. The Bertz CT molecular complexity index is 982. The van der Waals surface area contributed by atoms with Gasteiger partial charge in [0.2, 0.25) is 0 Å². The van der Waals surface area contributed by atoms with Gasteiger partial charge in [0.15, 0.2) is 0 Å². The SMILES string of the molecule is CC1CCCN1CCN1CCc2cc(-n3cnc4ccccc43)ccc2[C@H]1O. The monoisotopic (exact) mass is 376 g/mol. The summed E-state index contributed by atoms with van der Waals surface area (Å²) in [6.45, 7) is 6.40. The molecule has 5 nitrogen and oxygen atoms in total. The molecule has 0 radical (unpaired) electrons. The van der Waals surface area contributed by atoms with E-state index < -0.39 is 6.23 Å². The Morgan fingerprint density at radius 2 is 1.93 bits per heavy atom. The molecule has 1 unspecified atom stereocenters. The molecule has 0 saturated carbocycles. The van der Waals surface area contributed by atoms with Crippen molar-refractivity contribution in [2.45, 2.75) is 38.5 Å². The second-order valence-corrected chi connectivity index (χ2v) is 8.17. The minimum Gasteiger partial charge on any atom is -0.374 e. The molecule has 3 heterocycles. The lowest BCUT2D eigenvalue weighted by molar-refractivity contribution is -0.0117. The average Bonchev–Trinajstić information content (AvgIpc) is 3.33. The van der Waals surface area contributed by atoms with E-state index in [0.29, 0.717) is 6.04 Å². The fourth-order valence-corrected chi connectivity index (χ4v) is 4.77. The topological polar surface area (TPSA) is 44.5 Å². The molecule has 5 heteroatoms. The second-order valence-electron chi connectivity index (χ2n) is 8.17. The summed E-state index contributed by atoms with van der Waals surface area (Å²) in [7, 11) is 0. The summed E-state index contributed by atoms with van der Waals surface area (Å²) < 4.78 is 2.13. The fraction of sp³-hybridized carbons (Fsp3) is 0.435. The number of para-hydroxylation sites is 2. The second kappa shape index (κ2) is 7.32. The fourth-order valence-electron chi connectivity index (χ4n) is 4.77. The highest BCUT2D eigenvalue weighted by molar-refractivity contribution is 5.77. The Morgan fingerprint density at radius 1 is 1.07 bits per heavy atom. The van der Waals surface area contributed by atoms with E-state index in [1.165, 1.54) is 24.9 Å². The number of aliphatic hydroxyl groups is 1. The van der Waals surface area contributed by atoms with E-state index in [-0.39, 0.29) is 0 Å². The molecule has 0 aliphatic carbocycles. The van der Waals surface area contributed by atoms with Crippen LogP contribution in [0, 0.1) is 0 Å². The number of hydrogen-bond acceptors (Lipinski definition) is 4. The van der Waals surface area contributed by atoms with Gasteiger partial charge in [0.25, 0.3) is 0 Å². The quantitative estimate of drug-likeness (QED) is 0.758. The number of nitrogens with zero attached hydrogens (tertiary/aromatic N) is 4. The summed E-state index contributed by atoms with van der Waals surface area (Å²) in [5, 5.41) is 10.9. The number of aliphatic hydroxyl groups excluding tert-OH is 1. The van der Waals surface area contributed by atoms with Crippen LogP contribution in [0.25, 0.3) is 16.7 Å². The molecular weight excluding hydrogens is 348 g/mol. The minimum atomic E-state index is -0.504. The van der Waals surface area contributed by atoms with Crippen LogP contribution in [-0.4, -0.2) is 56.7 Å². The minimum absolute atomic E-state index is 0.504. The van der Waals surface area contributed by atoms with Crippen molar-refractivity contribution in [2.75, 3.05) is 26.2 Å². The van der Waals surface area contributed by atoms with Crippen molar-refractivity contribution >= 4 is 11.0 Å². The Morgan fingerprint density at radius 3 is 2.79 bits per heavy atom. The van der Waals surface area contributed by atoms with Gasteiger partial charge in [0.05, 0.1) is 11.0 Å². The van der Waals surface area contributed by atoms with Gasteiger partial charge in [-0.15, -0.1) is 0 Å². The van der Waals surface area contributed by atoms with Crippen molar-refractivity contribution in [3.63, 3.8) is 0 Å². The van der Waals surface area contributed by atoms with Gasteiger partial charge < -0.3 is 5.11 Å². The third kappa shape index (κ3) is 3.13. The molecule has 2 aliphatic rings. The smallest absolute Gasteiger partial charge is 0.133 e. The molecule has 1 saturated heterocycles. The third-order valence-corrected chi connectivity index (χ3v) is 6.52.